The largest absolute Gasteiger partial charge is 0.472 e. The van der Waals surface area contributed by atoms with Gasteiger partial charge in [0.05, 0.1) is 19.6 Å². The molecule has 0 amide bonds. The fourth-order valence-corrected chi connectivity index (χ4v) is 3.04. The van der Waals surface area contributed by atoms with Crippen LogP contribution in [0, 0.1) is 0 Å². The lowest BCUT2D eigenvalue weighted by atomic mass is 10.0. The summed E-state index contributed by atoms with van der Waals surface area (Å²) in [4.78, 5) is 14.7. The minimum Gasteiger partial charge on any atom is -0.472 e. The van der Waals surface area contributed by atoms with E-state index in [1.54, 1.807) is 12.5 Å². The van der Waals surface area contributed by atoms with E-state index < -0.39 is 6.04 Å². The minimum atomic E-state index is -0.391. The third-order valence-corrected chi connectivity index (χ3v) is 4.38. The zero-order chi connectivity index (χ0) is 18.2. The number of carbonyl (C=O) groups is 1. The van der Waals surface area contributed by atoms with Gasteiger partial charge in [0, 0.05) is 19.5 Å². The van der Waals surface area contributed by atoms with Gasteiger partial charge in [-0.3, -0.25) is 9.69 Å². The first kappa shape index (κ1) is 18.0. The van der Waals surface area contributed by atoms with Gasteiger partial charge in [-0.05, 0) is 22.8 Å². The third-order valence-electron chi connectivity index (χ3n) is 4.38. The number of benzene rings is 2. The highest BCUT2D eigenvalue weighted by atomic mass is 16.5. The Morgan fingerprint density at radius 2 is 1.50 bits per heavy atom. The number of furan rings is 1. The van der Waals surface area contributed by atoms with Gasteiger partial charge in [0.1, 0.15) is 6.04 Å². The molecule has 0 saturated carbocycles. The van der Waals surface area contributed by atoms with Crippen LogP contribution in [-0.4, -0.2) is 24.0 Å². The summed E-state index contributed by atoms with van der Waals surface area (Å²) < 4.78 is 10.3. The van der Waals surface area contributed by atoms with Crippen molar-refractivity contribution in [2.24, 2.45) is 0 Å². The maximum absolute atomic E-state index is 12.6. The van der Waals surface area contributed by atoms with Crippen LogP contribution in [0.5, 0.6) is 0 Å². The molecule has 3 aromatic rings. The van der Waals surface area contributed by atoms with Crippen molar-refractivity contribution in [3.05, 3.63) is 95.9 Å². The van der Waals surface area contributed by atoms with E-state index in [2.05, 4.69) is 29.2 Å². The van der Waals surface area contributed by atoms with Crippen LogP contribution in [0.15, 0.2) is 83.7 Å². The van der Waals surface area contributed by atoms with Crippen LogP contribution in [0.1, 0.15) is 16.7 Å². The summed E-state index contributed by atoms with van der Waals surface area (Å²) in [6.07, 6.45) is 3.85. The maximum atomic E-state index is 12.6. The monoisotopic (exact) mass is 349 g/mol. The van der Waals surface area contributed by atoms with Crippen LogP contribution in [0.4, 0.5) is 0 Å². The second-order valence-electron chi connectivity index (χ2n) is 6.25. The average Bonchev–Trinajstić information content (AvgIpc) is 3.20. The van der Waals surface area contributed by atoms with E-state index in [0.717, 1.165) is 16.7 Å². The molecule has 3 rings (SSSR count). The lowest BCUT2D eigenvalue weighted by molar-refractivity contribution is -0.147. The van der Waals surface area contributed by atoms with E-state index in [4.69, 9.17) is 9.15 Å². The van der Waals surface area contributed by atoms with E-state index in [0.29, 0.717) is 19.5 Å². The van der Waals surface area contributed by atoms with Gasteiger partial charge in [-0.2, -0.15) is 0 Å². The van der Waals surface area contributed by atoms with Gasteiger partial charge < -0.3 is 9.15 Å². The smallest absolute Gasteiger partial charge is 0.323 e. The van der Waals surface area contributed by atoms with Crippen LogP contribution in [0.25, 0.3) is 0 Å². The van der Waals surface area contributed by atoms with Gasteiger partial charge in [0.15, 0.2) is 0 Å². The molecule has 0 bridgehead atoms. The lowest BCUT2D eigenvalue weighted by Crippen LogP contribution is -2.42. The van der Waals surface area contributed by atoms with Crippen LogP contribution >= 0.6 is 0 Å². The molecule has 0 saturated heterocycles. The number of hydrogen-bond donors (Lipinski definition) is 0. The second-order valence-corrected chi connectivity index (χ2v) is 6.25. The molecular weight excluding hydrogens is 326 g/mol. The summed E-state index contributed by atoms with van der Waals surface area (Å²) in [5.41, 5.74) is 3.29. The number of methoxy groups -OCH3 is 1. The van der Waals surface area contributed by atoms with Crippen LogP contribution in [0.3, 0.4) is 0 Å². The molecule has 4 heteroatoms. The van der Waals surface area contributed by atoms with E-state index in [-0.39, 0.29) is 5.97 Å². The van der Waals surface area contributed by atoms with Crippen molar-refractivity contribution < 1.29 is 13.9 Å². The Bertz CT molecular complexity index is 743. The van der Waals surface area contributed by atoms with Gasteiger partial charge >= 0.3 is 5.97 Å². The van der Waals surface area contributed by atoms with Gasteiger partial charge in [0.25, 0.3) is 0 Å². The predicted molar refractivity (Wildman–Crippen MR) is 100 cm³/mol. The quantitative estimate of drug-likeness (QED) is 0.575. The molecule has 4 nitrogen and oxygen atoms in total. The zero-order valence-electron chi connectivity index (χ0n) is 14.9. The van der Waals surface area contributed by atoms with Crippen LogP contribution in [0.2, 0.25) is 0 Å². The van der Waals surface area contributed by atoms with Crippen molar-refractivity contribution in [1.29, 1.82) is 0 Å². The van der Waals surface area contributed by atoms with Gasteiger partial charge in [-0.1, -0.05) is 60.7 Å². The fraction of sp³-hybridized carbons (Fsp3) is 0.227. The standard InChI is InChI=1S/C22H23NO3/c1-25-22(24)21(14-20-12-13-26-17-20)23(15-18-8-4-2-5-9-18)16-19-10-6-3-7-11-19/h2-13,17,21H,14-16H2,1H3. The third kappa shape index (κ3) is 4.83. The Morgan fingerprint density at radius 1 is 0.923 bits per heavy atom. The van der Waals surface area contributed by atoms with Crippen molar-refractivity contribution >= 4 is 5.97 Å². The van der Waals surface area contributed by atoms with E-state index >= 15 is 0 Å². The first-order valence-corrected chi connectivity index (χ1v) is 8.67. The molecule has 0 radical (unpaired) electrons. The van der Waals surface area contributed by atoms with Gasteiger partial charge in [0.2, 0.25) is 0 Å². The second kappa shape index (κ2) is 9.02. The number of nitrogens with zero attached hydrogens (tertiary/aromatic N) is 1. The van der Waals surface area contributed by atoms with E-state index in [1.807, 2.05) is 42.5 Å². The highest BCUT2D eigenvalue weighted by Gasteiger charge is 2.27. The molecule has 26 heavy (non-hydrogen) atoms. The van der Waals surface area contributed by atoms with Gasteiger partial charge in [-0.25, -0.2) is 0 Å². The van der Waals surface area contributed by atoms with Crippen molar-refractivity contribution in [3.8, 4) is 0 Å². The molecule has 0 aliphatic heterocycles. The van der Waals surface area contributed by atoms with Crippen LogP contribution in [-0.2, 0) is 29.0 Å². The maximum Gasteiger partial charge on any atom is 0.323 e. The highest BCUT2D eigenvalue weighted by Crippen LogP contribution is 2.18. The SMILES string of the molecule is COC(=O)C(Cc1ccoc1)N(Cc1ccccc1)Cc1ccccc1. The van der Waals surface area contributed by atoms with Crippen molar-refractivity contribution in [2.45, 2.75) is 25.6 Å². The molecule has 0 spiro atoms. The lowest BCUT2D eigenvalue weighted by Gasteiger charge is -2.30. The molecule has 0 fully saturated rings. The molecule has 0 aliphatic rings. The first-order chi connectivity index (χ1) is 12.8. The number of carbonyl (C=O) groups excluding carboxylic acids is 1. The number of esters is 1. The average molecular weight is 349 g/mol. The fourth-order valence-electron chi connectivity index (χ4n) is 3.04. The van der Waals surface area contributed by atoms with Crippen LogP contribution < -0.4 is 0 Å². The zero-order valence-corrected chi connectivity index (χ0v) is 14.9. The topological polar surface area (TPSA) is 42.7 Å². The number of rotatable bonds is 8. The Hall–Kier alpha value is -2.85. The van der Waals surface area contributed by atoms with Crippen molar-refractivity contribution in [1.82, 2.24) is 4.90 Å². The molecule has 134 valence electrons. The molecule has 2 aromatic carbocycles. The van der Waals surface area contributed by atoms with E-state index in [9.17, 15) is 4.79 Å². The minimum absolute atomic E-state index is 0.238. The summed E-state index contributed by atoms with van der Waals surface area (Å²) in [6.45, 7) is 1.32. The summed E-state index contributed by atoms with van der Waals surface area (Å²) in [7, 11) is 1.44. The Morgan fingerprint density at radius 3 is 1.96 bits per heavy atom. The predicted octanol–water partition coefficient (Wildman–Crippen LogP) is 4.07. The van der Waals surface area contributed by atoms with E-state index in [1.165, 1.54) is 7.11 Å². The molecule has 0 aliphatic carbocycles. The molecule has 1 aromatic heterocycles. The summed E-state index contributed by atoms with van der Waals surface area (Å²) in [6, 6.07) is 21.8. The normalized spacial score (nSPS) is 12.1. The Labute approximate surface area is 154 Å². The van der Waals surface area contributed by atoms with Crippen molar-refractivity contribution in [2.75, 3.05) is 7.11 Å². The van der Waals surface area contributed by atoms with Crippen molar-refractivity contribution in [3.63, 3.8) is 0 Å². The molecular formula is C22H23NO3. The number of hydrogen-bond acceptors (Lipinski definition) is 4. The Balaban J connectivity index is 1.88. The van der Waals surface area contributed by atoms with Gasteiger partial charge in [-0.15, -0.1) is 0 Å². The molecule has 0 N–H and O–H groups in total. The molecule has 1 atom stereocenters. The summed E-state index contributed by atoms with van der Waals surface area (Å²) in [5, 5.41) is 0. The molecule has 1 unspecified atom stereocenters. The highest BCUT2D eigenvalue weighted by molar-refractivity contribution is 5.76. The summed E-state index contributed by atoms with van der Waals surface area (Å²) >= 11 is 0. The first-order valence-electron chi connectivity index (χ1n) is 8.67. The molecule has 1 heterocycles. The Kier molecular flexibility index (Phi) is 6.23. The summed E-state index contributed by atoms with van der Waals surface area (Å²) in [5.74, 6) is -0.238. The number of ether oxygens (including phenoxy) is 1.